The second-order valence-electron chi connectivity index (χ2n) is 5.05. The molecule has 9 heteroatoms. The van der Waals surface area contributed by atoms with E-state index in [-0.39, 0.29) is 35.1 Å². The second-order valence-corrected chi connectivity index (χ2v) is 6.10. The maximum atomic E-state index is 12.0. The van der Waals surface area contributed by atoms with Gasteiger partial charge < -0.3 is 19.1 Å². The quantitative estimate of drug-likeness (QED) is 0.554. The van der Waals surface area contributed by atoms with Crippen molar-refractivity contribution >= 4 is 34.9 Å². The van der Waals surface area contributed by atoms with E-state index in [1.54, 1.807) is 4.90 Å². The first-order valence-electron chi connectivity index (χ1n) is 7.38. The Morgan fingerprint density at radius 3 is 2.16 bits per heavy atom. The van der Waals surface area contributed by atoms with E-state index in [0.29, 0.717) is 12.3 Å². The standard InChI is InChI=1S/C16H17NO7S/c1-22-14(19)10-7-11(15(20)23-2)9-12(8-10)24-13(18)3-4-17-5-6-25-16(17)21/h7-9H,3-6H2,1-2H3. The first-order valence-corrected chi connectivity index (χ1v) is 8.37. The molecule has 0 radical (unpaired) electrons. The number of benzene rings is 1. The summed E-state index contributed by atoms with van der Waals surface area (Å²) in [6.45, 7) is 0.853. The van der Waals surface area contributed by atoms with Crippen LogP contribution in [0.5, 0.6) is 5.75 Å². The molecule has 0 spiro atoms. The third-order valence-electron chi connectivity index (χ3n) is 3.41. The number of methoxy groups -OCH3 is 2. The van der Waals surface area contributed by atoms with Gasteiger partial charge in [0.05, 0.1) is 31.8 Å². The molecular weight excluding hydrogens is 350 g/mol. The van der Waals surface area contributed by atoms with Crippen molar-refractivity contribution in [2.75, 3.05) is 33.1 Å². The summed E-state index contributed by atoms with van der Waals surface area (Å²) in [5.41, 5.74) is 0.110. The van der Waals surface area contributed by atoms with Crippen molar-refractivity contribution in [1.82, 2.24) is 4.90 Å². The van der Waals surface area contributed by atoms with Gasteiger partial charge in [0.25, 0.3) is 5.24 Å². The number of nitrogens with zero attached hydrogens (tertiary/aromatic N) is 1. The number of carbonyl (C=O) groups excluding carboxylic acids is 4. The van der Waals surface area contributed by atoms with Crippen LogP contribution in [0.4, 0.5) is 4.79 Å². The van der Waals surface area contributed by atoms with Gasteiger partial charge in [0.2, 0.25) is 0 Å². The number of hydrogen-bond donors (Lipinski definition) is 0. The fourth-order valence-electron chi connectivity index (χ4n) is 2.17. The minimum atomic E-state index is -0.678. The van der Waals surface area contributed by atoms with Crippen molar-refractivity contribution in [2.24, 2.45) is 0 Å². The van der Waals surface area contributed by atoms with Crippen LogP contribution in [0, 0.1) is 0 Å². The maximum Gasteiger partial charge on any atom is 0.338 e. The molecule has 1 saturated heterocycles. The SMILES string of the molecule is COC(=O)c1cc(OC(=O)CCN2CCSC2=O)cc(C(=O)OC)c1. The van der Waals surface area contributed by atoms with E-state index in [1.807, 2.05) is 0 Å². The summed E-state index contributed by atoms with van der Waals surface area (Å²) in [4.78, 5) is 48.4. The molecule has 8 nitrogen and oxygen atoms in total. The van der Waals surface area contributed by atoms with E-state index in [1.165, 1.54) is 44.2 Å². The van der Waals surface area contributed by atoms with Crippen molar-refractivity contribution in [2.45, 2.75) is 6.42 Å². The summed E-state index contributed by atoms with van der Waals surface area (Å²) in [5.74, 6) is -1.21. The molecule has 0 atom stereocenters. The van der Waals surface area contributed by atoms with Gasteiger partial charge in [0.1, 0.15) is 5.75 Å². The molecule has 0 N–H and O–H groups in total. The van der Waals surface area contributed by atoms with Gasteiger partial charge in [-0.3, -0.25) is 9.59 Å². The van der Waals surface area contributed by atoms with E-state index in [2.05, 4.69) is 9.47 Å². The van der Waals surface area contributed by atoms with Crippen LogP contribution in [-0.2, 0) is 14.3 Å². The van der Waals surface area contributed by atoms with Crippen LogP contribution in [0.3, 0.4) is 0 Å². The third-order valence-corrected chi connectivity index (χ3v) is 4.30. The summed E-state index contributed by atoms with van der Waals surface area (Å²) < 4.78 is 14.4. The Bertz CT molecular complexity index is 669. The lowest BCUT2D eigenvalue weighted by molar-refractivity contribution is -0.134. The summed E-state index contributed by atoms with van der Waals surface area (Å²) in [6, 6.07) is 3.88. The monoisotopic (exact) mass is 367 g/mol. The first kappa shape index (κ1) is 18.8. The molecule has 1 aliphatic heterocycles. The zero-order valence-corrected chi connectivity index (χ0v) is 14.6. The zero-order chi connectivity index (χ0) is 18.4. The molecular formula is C16H17NO7S. The largest absolute Gasteiger partial charge is 0.465 e. The predicted octanol–water partition coefficient (Wildman–Crippen LogP) is 1.72. The van der Waals surface area contributed by atoms with Crippen LogP contribution in [-0.4, -0.2) is 61.1 Å². The molecule has 1 aromatic carbocycles. The second kappa shape index (κ2) is 8.52. The van der Waals surface area contributed by atoms with Crippen molar-refractivity contribution in [1.29, 1.82) is 0 Å². The molecule has 1 aromatic rings. The summed E-state index contributed by atoms with van der Waals surface area (Å²) in [6.07, 6.45) is 0.00229. The molecule has 1 heterocycles. The molecule has 0 unspecified atom stereocenters. The fourth-order valence-corrected chi connectivity index (χ4v) is 3.02. The molecule has 0 aromatic heterocycles. The number of ether oxygens (including phenoxy) is 3. The van der Waals surface area contributed by atoms with E-state index in [4.69, 9.17) is 4.74 Å². The summed E-state index contributed by atoms with van der Waals surface area (Å²) >= 11 is 1.21. The lowest BCUT2D eigenvalue weighted by Gasteiger charge is -2.14. The van der Waals surface area contributed by atoms with Gasteiger partial charge in [0.15, 0.2) is 0 Å². The van der Waals surface area contributed by atoms with Crippen LogP contribution < -0.4 is 4.74 Å². The fraction of sp³-hybridized carbons (Fsp3) is 0.375. The summed E-state index contributed by atoms with van der Waals surface area (Å²) in [7, 11) is 2.40. The molecule has 1 fully saturated rings. The lowest BCUT2D eigenvalue weighted by atomic mass is 10.1. The van der Waals surface area contributed by atoms with E-state index in [9.17, 15) is 19.2 Å². The Hall–Kier alpha value is -2.55. The molecule has 2 rings (SSSR count). The number of esters is 3. The van der Waals surface area contributed by atoms with E-state index in [0.717, 1.165) is 0 Å². The topological polar surface area (TPSA) is 99.2 Å². The molecule has 1 amide bonds. The van der Waals surface area contributed by atoms with Crippen molar-refractivity contribution in [3.8, 4) is 5.75 Å². The van der Waals surface area contributed by atoms with E-state index < -0.39 is 17.9 Å². The van der Waals surface area contributed by atoms with Gasteiger partial charge in [0, 0.05) is 18.8 Å². The normalized spacial score (nSPS) is 13.5. The summed E-state index contributed by atoms with van der Waals surface area (Å²) in [5, 5.41) is -0.0616. The molecule has 25 heavy (non-hydrogen) atoms. The van der Waals surface area contributed by atoms with Gasteiger partial charge in [-0.05, 0) is 18.2 Å². The number of carbonyl (C=O) groups is 4. The van der Waals surface area contributed by atoms with Crippen LogP contribution in [0.2, 0.25) is 0 Å². The van der Waals surface area contributed by atoms with Crippen molar-refractivity contribution in [3.05, 3.63) is 29.3 Å². The molecule has 0 aliphatic carbocycles. The Morgan fingerprint density at radius 2 is 1.68 bits per heavy atom. The van der Waals surface area contributed by atoms with Gasteiger partial charge in [-0.1, -0.05) is 11.8 Å². The van der Waals surface area contributed by atoms with Crippen molar-refractivity contribution in [3.63, 3.8) is 0 Å². The average molecular weight is 367 g/mol. The van der Waals surface area contributed by atoms with Crippen LogP contribution >= 0.6 is 11.8 Å². The Balaban J connectivity index is 2.08. The van der Waals surface area contributed by atoms with Gasteiger partial charge in [-0.25, -0.2) is 9.59 Å². The molecule has 0 bridgehead atoms. The number of thioether (sulfide) groups is 1. The van der Waals surface area contributed by atoms with E-state index >= 15 is 0 Å². The minimum absolute atomic E-state index is 0.00229. The molecule has 1 aliphatic rings. The Morgan fingerprint density at radius 1 is 1.08 bits per heavy atom. The highest BCUT2D eigenvalue weighted by molar-refractivity contribution is 8.13. The Kier molecular flexibility index (Phi) is 6.40. The Labute approximate surface area is 148 Å². The highest BCUT2D eigenvalue weighted by Crippen LogP contribution is 2.21. The minimum Gasteiger partial charge on any atom is -0.465 e. The number of amides is 1. The first-order chi connectivity index (χ1) is 11.9. The van der Waals surface area contributed by atoms with Crippen LogP contribution in [0.25, 0.3) is 0 Å². The zero-order valence-electron chi connectivity index (χ0n) is 13.8. The highest BCUT2D eigenvalue weighted by atomic mass is 32.2. The van der Waals surface area contributed by atoms with Gasteiger partial charge >= 0.3 is 17.9 Å². The molecule has 0 saturated carbocycles. The lowest BCUT2D eigenvalue weighted by Crippen LogP contribution is -2.27. The number of hydrogen-bond acceptors (Lipinski definition) is 8. The van der Waals surface area contributed by atoms with Gasteiger partial charge in [-0.2, -0.15) is 0 Å². The highest BCUT2D eigenvalue weighted by Gasteiger charge is 2.22. The average Bonchev–Trinajstić information content (AvgIpc) is 3.03. The van der Waals surface area contributed by atoms with Crippen LogP contribution in [0.15, 0.2) is 18.2 Å². The smallest absolute Gasteiger partial charge is 0.338 e. The van der Waals surface area contributed by atoms with Crippen molar-refractivity contribution < 1.29 is 33.4 Å². The predicted molar refractivity (Wildman–Crippen MR) is 88.8 cm³/mol. The molecule has 134 valence electrons. The third kappa shape index (κ3) is 4.96. The maximum absolute atomic E-state index is 12.0. The number of rotatable bonds is 6. The van der Waals surface area contributed by atoms with Crippen LogP contribution in [0.1, 0.15) is 27.1 Å². The van der Waals surface area contributed by atoms with Gasteiger partial charge in [-0.15, -0.1) is 0 Å².